The Bertz CT molecular complexity index is 703. The largest absolute Gasteiger partial charge is 0.356 e. The molecule has 0 unspecified atom stereocenters. The highest BCUT2D eigenvalue weighted by molar-refractivity contribution is 9.10. The van der Waals surface area contributed by atoms with Gasteiger partial charge >= 0.3 is 0 Å². The number of hydrogen-bond acceptors (Lipinski definition) is 1. The van der Waals surface area contributed by atoms with Crippen molar-refractivity contribution in [1.82, 2.24) is 5.32 Å². The molecule has 2 N–H and O–H groups in total. The molecule has 2 nitrogen and oxygen atoms in total. The van der Waals surface area contributed by atoms with Crippen LogP contribution in [0.4, 0.5) is 5.69 Å². The van der Waals surface area contributed by atoms with Gasteiger partial charge in [0.1, 0.15) is 0 Å². The van der Waals surface area contributed by atoms with Gasteiger partial charge in [-0.3, -0.25) is 0 Å². The first-order valence-electron chi connectivity index (χ1n) is 6.96. The molecule has 0 amide bonds. The topological polar surface area (TPSA) is 24.1 Å². The number of nitrogens with one attached hydrogen (secondary N) is 2. The fraction of sp³-hybridized carbons (Fsp3) is 0.235. The molecular formula is C17H18BrClN2S. The molecule has 116 valence electrons. The summed E-state index contributed by atoms with van der Waals surface area (Å²) in [4.78, 5) is 0. The van der Waals surface area contributed by atoms with Gasteiger partial charge in [-0.2, -0.15) is 0 Å². The van der Waals surface area contributed by atoms with E-state index in [0.29, 0.717) is 10.1 Å². The minimum Gasteiger partial charge on any atom is -0.356 e. The molecule has 2 rings (SSSR count). The lowest BCUT2D eigenvalue weighted by molar-refractivity contribution is 0.716. The van der Waals surface area contributed by atoms with Gasteiger partial charge in [-0.15, -0.1) is 0 Å². The van der Waals surface area contributed by atoms with Crippen molar-refractivity contribution >= 4 is 50.5 Å². The minimum atomic E-state index is 0.130. The van der Waals surface area contributed by atoms with Crippen LogP contribution >= 0.6 is 39.7 Å². The van der Waals surface area contributed by atoms with Crippen LogP contribution in [0, 0.1) is 13.8 Å². The van der Waals surface area contributed by atoms with Crippen molar-refractivity contribution in [2.45, 2.75) is 26.8 Å². The van der Waals surface area contributed by atoms with E-state index in [4.69, 9.17) is 23.8 Å². The number of hydrogen-bond donors (Lipinski definition) is 2. The summed E-state index contributed by atoms with van der Waals surface area (Å²) in [6, 6.07) is 12.2. The first-order chi connectivity index (χ1) is 10.4. The number of rotatable bonds is 3. The van der Waals surface area contributed by atoms with Gasteiger partial charge in [-0.1, -0.05) is 35.4 Å². The van der Waals surface area contributed by atoms with Crippen molar-refractivity contribution in [2.24, 2.45) is 0 Å². The summed E-state index contributed by atoms with van der Waals surface area (Å²) in [6.45, 7) is 6.30. The Kier molecular flexibility index (Phi) is 5.84. The molecule has 0 saturated carbocycles. The molecule has 0 aliphatic heterocycles. The Morgan fingerprint density at radius 1 is 1.18 bits per heavy atom. The zero-order chi connectivity index (χ0) is 16.3. The van der Waals surface area contributed by atoms with E-state index in [9.17, 15) is 0 Å². The molecule has 22 heavy (non-hydrogen) atoms. The predicted octanol–water partition coefficient (Wildman–Crippen LogP) is 5.77. The quantitative estimate of drug-likeness (QED) is 0.643. The van der Waals surface area contributed by atoms with E-state index in [1.807, 2.05) is 18.2 Å². The average Bonchev–Trinajstić information content (AvgIpc) is 2.45. The summed E-state index contributed by atoms with van der Waals surface area (Å²) in [7, 11) is 0. The normalized spacial score (nSPS) is 11.9. The fourth-order valence-electron chi connectivity index (χ4n) is 2.24. The molecule has 0 aliphatic rings. The summed E-state index contributed by atoms with van der Waals surface area (Å²) >= 11 is 14.8. The molecule has 2 aromatic rings. The zero-order valence-electron chi connectivity index (χ0n) is 12.7. The van der Waals surface area contributed by atoms with Crippen LogP contribution in [0.25, 0.3) is 0 Å². The van der Waals surface area contributed by atoms with Crippen LogP contribution in [0.1, 0.15) is 29.7 Å². The van der Waals surface area contributed by atoms with Gasteiger partial charge in [0, 0.05) is 10.2 Å². The Morgan fingerprint density at radius 2 is 1.91 bits per heavy atom. The summed E-state index contributed by atoms with van der Waals surface area (Å²) < 4.78 is 0.863. The Labute approximate surface area is 150 Å². The zero-order valence-corrected chi connectivity index (χ0v) is 15.9. The van der Waals surface area contributed by atoms with E-state index in [1.165, 1.54) is 16.7 Å². The molecule has 0 spiro atoms. The van der Waals surface area contributed by atoms with Crippen molar-refractivity contribution in [1.29, 1.82) is 0 Å². The van der Waals surface area contributed by atoms with Crippen LogP contribution in [0.5, 0.6) is 0 Å². The Hall–Kier alpha value is -1.10. The molecule has 0 bridgehead atoms. The second-order valence-electron chi connectivity index (χ2n) is 5.31. The standard InChI is InChI=1S/C17H18BrClN2S/c1-10-4-5-11(2)14(8-10)12(3)20-17(22)21-13-6-7-15(18)16(19)9-13/h4-9,12H,1-3H3,(H2,20,21,22)/t12-/m0/s1. The maximum atomic E-state index is 6.09. The predicted molar refractivity (Wildman–Crippen MR) is 103 cm³/mol. The van der Waals surface area contributed by atoms with Gasteiger partial charge in [0.05, 0.1) is 11.1 Å². The molecule has 0 saturated heterocycles. The van der Waals surface area contributed by atoms with E-state index in [-0.39, 0.29) is 6.04 Å². The fourth-order valence-corrected chi connectivity index (χ4v) is 2.96. The first kappa shape index (κ1) is 17.3. The third-order valence-corrected chi connectivity index (χ3v) is 4.88. The van der Waals surface area contributed by atoms with Gasteiger partial charge in [0.15, 0.2) is 5.11 Å². The van der Waals surface area contributed by atoms with Crippen molar-refractivity contribution in [3.63, 3.8) is 0 Å². The lowest BCUT2D eigenvalue weighted by Gasteiger charge is -2.20. The SMILES string of the molecule is Cc1ccc(C)c([C@H](C)NC(=S)Nc2ccc(Br)c(Cl)c2)c1. The van der Waals surface area contributed by atoms with E-state index in [0.717, 1.165) is 10.2 Å². The van der Waals surface area contributed by atoms with E-state index in [1.54, 1.807) is 0 Å². The number of halogens is 2. The second-order valence-corrected chi connectivity index (χ2v) is 6.98. The van der Waals surface area contributed by atoms with Gasteiger partial charge in [0.2, 0.25) is 0 Å². The summed E-state index contributed by atoms with van der Waals surface area (Å²) in [5.74, 6) is 0. The van der Waals surface area contributed by atoms with Crippen molar-refractivity contribution in [3.05, 3.63) is 62.6 Å². The number of benzene rings is 2. The van der Waals surface area contributed by atoms with Crippen LogP contribution in [-0.2, 0) is 0 Å². The third-order valence-electron chi connectivity index (χ3n) is 3.43. The summed E-state index contributed by atoms with van der Waals surface area (Å²) in [6.07, 6.45) is 0. The highest BCUT2D eigenvalue weighted by Gasteiger charge is 2.10. The maximum Gasteiger partial charge on any atom is 0.171 e. The number of aryl methyl sites for hydroxylation is 2. The van der Waals surface area contributed by atoms with E-state index in [2.05, 4.69) is 65.5 Å². The molecule has 0 aliphatic carbocycles. The molecule has 1 atom stereocenters. The summed E-state index contributed by atoms with van der Waals surface area (Å²) in [5.41, 5.74) is 4.60. The number of thiocarbonyl (C=S) groups is 1. The molecule has 0 heterocycles. The van der Waals surface area contributed by atoms with Gasteiger partial charge in [0.25, 0.3) is 0 Å². The molecular weight excluding hydrogens is 380 g/mol. The van der Waals surface area contributed by atoms with Gasteiger partial charge < -0.3 is 10.6 Å². The summed E-state index contributed by atoms with van der Waals surface area (Å²) in [5, 5.41) is 7.70. The highest BCUT2D eigenvalue weighted by atomic mass is 79.9. The van der Waals surface area contributed by atoms with Crippen molar-refractivity contribution < 1.29 is 0 Å². The molecule has 2 aromatic carbocycles. The Balaban J connectivity index is 2.05. The minimum absolute atomic E-state index is 0.130. The van der Waals surface area contributed by atoms with Crippen LogP contribution in [0.15, 0.2) is 40.9 Å². The smallest absolute Gasteiger partial charge is 0.171 e. The third kappa shape index (κ3) is 4.45. The maximum absolute atomic E-state index is 6.09. The lowest BCUT2D eigenvalue weighted by Crippen LogP contribution is -2.31. The van der Waals surface area contributed by atoms with Gasteiger partial charge in [-0.05, 0) is 78.2 Å². The first-order valence-corrected chi connectivity index (χ1v) is 8.54. The highest BCUT2D eigenvalue weighted by Crippen LogP contribution is 2.25. The lowest BCUT2D eigenvalue weighted by atomic mass is 10.0. The van der Waals surface area contributed by atoms with Crippen molar-refractivity contribution in [2.75, 3.05) is 5.32 Å². The molecule has 5 heteroatoms. The molecule has 0 fully saturated rings. The Morgan fingerprint density at radius 3 is 2.59 bits per heavy atom. The molecule has 0 radical (unpaired) electrons. The monoisotopic (exact) mass is 396 g/mol. The van der Waals surface area contributed by atoms with E-state index >= 15 is 0 Å². The van der Waals surface area contributed by atoms with Crippen LogP contribution in [-0.4, -0.2) is 5.11 Å². The second kappa shape index (κ2) is 7.44. The van der Waals surface area contributed by atoms with Gasteiger partial charge in [-0.25, -0.2) is 0 Å². The van der Waals surface area contributed by atoms with Crippen LogP contribution < -0.4 is 10.6 Å². The van der Waals surface area contributed by atoms with E-state index < -0.39 is 0 Å². The van der Waals surface area contributed by atoms with Crippen LogP contribution in [0.3, 0.4) is 0 Å². The average molecular weight is 398 g/mol. The van der Waals surface area contributed by atoms with Crippen molar-refractivity contribution in [3.8, 4) is 0 Å². The molecule has 0 aromatic heterocycles. The number of anilines is 1. The van der Waals surface area contributed by atoms with Crippen LogP contribution in [0.2, 0.25) is 5.02 Å².